The van der Waals surface area contributed by atoms with Gasteiger partial charge in [0, 0.05) is 6.04 Å². The Morgan fingerprint density at radius 2 is 2.12 bits per heavy atom. The fraction of sp³-hybridized carbons (Fsp3) is 0.400. The second-order valence-corrected chi connectivity index (χ2v) is 3.80. The zero-order valence-electron chi connectivity index (χ0n) is 9.01. The van der Waals surface area contributed by atoms with E-state index in [9.17, 15) is 9.59 Å². The monoisotopic (exact) mass is 236 g/mol. The summed E-state index contributed by atoms with van der Waals surface area (Å²) in [5.74, 6) is -0.854. The van der Waals surface area contributed by atoms with Gasteiger partial charge in [-0.15, -0.1) is 10.2 Å². The van der Waals surface area contributed by atoms with Crippen molar-refractivity contribution in [3.8, 4) is 0 Å². The minimum absolute atomic E-state index is 0.100. The second-order valence-electron chi connectivity index (χ2n) is 3.80. The van der Waals surface area contributed by atoms with Crippen molar-refractivity contribution in [2.75, 3.05) is 11.9 Å². The SMILES string of the molecule is O=C(CNc1ccc(C(=O)O)nn1)NC1CC1. The molecule has 0 aromatic carbocycles. The van der Waals surface area contributed by atoms with Crippen molar-refractivity contribution in [2.45, 2.75) is 18.9 Å². The molecule has 0 aliphatic heterocycles. The van der Waals surface area contributed by atoms with Crippen LogP contribution in [0.1, 0.15) is 23.3 Å². The van der Waals surface area contributed by atoms with Crippen LogP contribution in [0.15, 0.2) is 12.1 Å². The van der Waals surface area contributed by atoms with Crippen molar-refractivity contribution in [2.24, 2.45) is 0 Å². The highest BCUT2D eigenvalue weighted by Gasteiger charge is 2.22. The number of hydrogen-bond donors (Lipinski definition) is 3. The van der Waals surface area contributed by atoms with Gasteiger partial charge in [0.05, 0.1) is 6.54 Å². The molecule has 3 N–H and O–H groups in total. The van der Waals surface area contributed by atoms with Gasteiger partial charge in [0.25, 0.3) is 0 Å². The van der Waals surface area contributed by atoms with E-state index < -0.39 is 5.97 Å². The maximum atomic E-state index is 11.3. The lowest BCUT2D eigenvalue weighted by atomic mass is 10.4. The summed E-state index contributed by atoms with van der Waals surface area (Å²) >= 11 is 0. The maximum absolute atomic E-state index is 11.3. The number of carbonyl (C=O) groups excluding carboxylic acids is 1. The lowest BCUT2D eigenvalue weighted by molar-refractivity contribution is -0.119. The Balaban J connectivity index is 1.81. The average molecular weight is 236 g/mol. The van der Waals surface area contributed by atoms with Crippen LogP contribution in [0, 0.1) is 0 Å². The number of nitrogens with one attached hydrogen (secondary N) is 2. The molecule has 1 amide bonds. The Kier molecular flexibility index (Phi) is 3.17. The highest BCUT2D eigenvalue weighted by Crippen LogP contribution is 2.18. The number of nitrogens with zero attached hydrogens (tertiary/aromatic N) is 2. The highest BCUT2D eigenvalue weighted by atomic mass is 16.4. The molecule has 0 radical (unpaired) electrons. The van der Waals surface area contributed by atoms with Gasteiger partial charge >= 0.3 is 5.97 Å². The first-order valence-corrected chi connectivity index (χ1v) is 5.25. The Labute approximate surface area is 97.2 Å². The number of hydrogen-bond acceptors (Lipinski definition) is 5. The van der Waals surface area contributed by atoms with E-state index in [0.29, 0.717) is 11.9 Å². The number of carboxylic acids is 1. The summed E-state index contributed by atoms with van der Waals surface area (Å²) < 4.78 is 0. The van der Waals surface area contributed by atoms with Crippen molar-refractivity contribution < 1.29 is 14.7 Å². The first kappa shape index (κ1) is 11.3. The van der Waals surface area contributed by atoms with Crippen LogP contribution in [0.2, 0.25) is 0 Å². The molecule has 1 aliphatic carbocycles. The number of rotatable bonds is 5. The van der Waals surface area contributed by atoms with Crippen LogP contribution in [0.25, 0.3) is 0 Å². The molecule has 0 atom stereocenters. The Hall–Kier alpha value is -2.18. The molecule has 90 valence electrons. The third kappa shape index (κ3) is 3.40. The lowest BCUT2D eigenvalue weighted by Gasteiger charge is -2.05. The molecule has 1 fully saturated rings. The van der Waals surface area contributed by atoms with Crippen LogP contribution in [0.4, 0.5) is 5.82 Å². The fourth-order valence-corrected chi connectivity index (χ4v) is 1.22. The largest absolute Gasteiger partial charge is 0.476 e. The van der Waals surface area contributed by atoms with Gasteiger partial charge in [0.1, 0.15) is 5.82 Å². The molecule has 1 aromatic rings. The first-order chi connectivity index (χ1) is 8.15. The van der Waals surface area contributed by atoms with Crippen LogP contribution in [0.5, 0.6) is 0 Å². The van der Waals surface area contributed by atoms with Gasteiger partial charge in [-0.2, -0.15) is 0 Å². The molecule has 17 heavy (non-hydrogen) atoms. The van der Waals surface area contributed by atoms with E-state index >= 15 is 0 Å². The zero-order valence-corrected chi connectivity index (χ0v) is 9.01. The van der Waals surface area contributed by atoms with Crippen molar-refractivity contribution in [3.63, 3.8) is 0 Å². The summed E-state index contributed by atoms with van der Waals surface area (Å²) in [7, 11) is 0. The maximum Gasteiger partial charge on any atom is 0.356 e. The zero-order chi connectivity index (χ0) is 12.3. The molecule has 1 aromatic heterocycles. The summed E-state index contributed by atoms with van der Waals surface area (Å²) in [6, 6.07) is 3.13. The highest BCUT2D eigenvalue weighted by molar-refractivity contribution is 5.85. The molecular formula is C10H12N4O3. The molecule has 1 aliphatic rings. The number of carboxylic acid groups (broad SMARTS) is 1. The van der Waals surface area contributed by atoms with Crippen LogP contribution < -0.4 is 10.6 Å². The van der Waals surface area contributed by atoms with Gasteiger partial charge in [-0.05, 0) is 25.0 Å². The van der Waals surface area contributed by atoms with E-state index in [1.54, 1.807) is 0 Å². The average Bonchev–Trinajstić information content (AvgIpc) is 3.11. The standard InChI is InChI=1S/C10H12N4O3/c15-9(12-6-1-2-6)5-11-8-4-3-7(10(16)17)13-14-8/h3-4,6H,1-2,5H2,(H,11,14)(H,12,15)(H,16,17). The van der Waals surface area contributed by atoms with Gasteiger partial charge in [-0.3, -0.25) is 4.79 Å². The molecule has 7 nitrogen and oxygen atoms in total. The quantitative estimate of drug-likeness (QED) is 0.657. The Morgan fingerprint density at radius 1 is 1.35 bits per heavy atom. The molecule has 0 saturated heterocycles. The van der Waals surface area contributed by atoms with Crippen LogP contribution in [-0.2, 0) is 4.79 Å². The van der Waals surface area contributed by atoms with Crippen molar-refractivity contribution in [3.05, 3.63) is 17.8 Å². The van der Waals surface area contributed by atoms with Crippen LogP contribution in [-0.4, -0.2) is 39.8 Å². The minimum Gasteiger partial charge on any atom is -0.476 e. The normalized spacial score (nSPS) is 14.1. The summed E-state index contributed by atoms with van der Waals surface area (Å²) in [5.41, 5.74) is -0.127. The Morgan fingerprint density at radius 3 is 2.65 bits per heavy atom. The topological polar surface area (TPSA) is 104 Å². The van der Waals surface area contributed by atoms with E-state index in [0.717, 1.165) is 12.8 Å². The lowest BCUT2D eigenvalue weighted by Crippen LogP contribution is -2.31. The molecule has 0 unspecified atom stereocenters. The van der Waals surface area contributed by atoms with Gasteiger partial charge in [0.15, 0.2) is 5.69 Å². The van der Waals surface area contributed by atoms with Crippen LogP contribution in [0.3, 0.4) is 0 Å². The van der Waals surface area contributed by atoms with Crippen molar-refractivity contribution in [1.82, 2.24) is 15.5 Å². The van der Waals surface area contributed by atoms with Crippen LogP contribution >= 0.6 is 0 Å². The van der Waals surface area contributed by atoms with E-state index in [4.69, 9.17) is 5.11 Å². The molecule has 7 heteroatoms. The smallest absolute Gasteiger partial charge is 0.356 e. The predicted octanol–water partition coefficient (Wildman–Crippen LogP) is -0.135. The summed E-state index contributed by atoms with van der Waals surface area (Å²) in [5, 5.41) is 21.3. The minimum atomic E-state index is -1.13. The van der Waals surface area contributed by atoms with Crippen molar-refractivity contribution in [1.29, 1.82) is 0 Å². The van der Waals surface area contributed by atoms with E-state index in [-0.39, 0.29) is 18.1 Å². The number of aromatic nitrogens is 2. The first-order valence-electron chi connectivity index (χ1n) is 5.25. The molecule has 0 spiro atoms. The van der Waals surface area contributed by atoms with E-state index in [1.807, 2.05) is 0 Å². The van der Waals surface area contributed by atoms with Crippen molar-refractivity contribution >= 4 is 17.7 Å². The molecule has 1 heterocycles. The third-order valence-corrected chi connectivity index (χ3v) is 2.26. The third-order valence-electron chi connectivity index (χ3n) is 2.26. The predicted molar refractivity (Wildman–Crippen MR) is 58.6 cm³/mol. The second kappa shape index (κ2) is 4.77. The molecule has 1 saturated carbocycles. The molecular weight excluding hydrogens is 224 g/mol. The van der Waals surface area contributed by atoms with E-state index in [2.05, 4.69) is 20.8 Å². The summed E-state index contributed by atoms with van der Waals surface area (Å²) in [6.45, 7) is 0.109. The summed E-state index contributed by atoms with van der Waals surface area (Å²) in [4.78, 5) is 21.8. The van der Waals surface area contributed by atoms with Gasteiger partial charge in [-0.25, -0.2) is 4.79 Å². The molecule has 0 bridgehead atoms. The number of aromatic carboxylic acids is 1. The number of carbonyl (C=O) groups is 2. The van der Waals surface area contributed by atoms with E-state index in [1.165, 1.54) is 12.1 Å². The number of amides is 1. The van der Waals surface area contributed by atoms with Gasteiger partial charge in [-0.1, -0.05) is 0 Å². The number of anilines is 1. The Bertz CT molecular complexity index is 428. The fourth-order valence-electron chi connectivity index (χ4n) is 1.22. The van der Waals surface area contributed by atoms with Gasteiger partial charge in [0.2, 0.25) is 5.91 Å². The molecule has 2 rings (SSSR count). The summed E-state index contributed by atoms with van der Waals surface area (Å²) in [6.07, 6.45) is 2.08. The van der Waals surface area contributed by atoms with Gasteiger partial charge < -0.3 is 15.7 Å².